The summed E-state index contributed by atoms with van der Waals surface area (Å²) in [5, 5.41) is 28.4. The predicted molar refractivity (Wildman–Crippen MR) is 43.4 cm³/mol. The topological polar surface area (TPSA) is 93.4 Å². The van der Waals surface area contributed by atoms with E-state index >= 15 is 0 Å². The van der Waals surface area contributed by atoms with Crippen LogP contribution in [0.4, 0.5) is 0 Å². The van der Waals surface area contributed by atoms with E-state index in [1.807, 2.05) is 6.07 Å². The number of nitriles is 1. The molecule has 1 rings (SSSR count). The van der Waals surface area contributed by atoms with Gasteiger partial charge in [-0.15, -0.1) is 0 Å². The number of amides is 1. The molecule has 1 aliphatic carbocycles. The van der Waals surface area contributed by atoms with Crippen LogP contribution in [0.25, 0.3) is 0 Å². The minimum absolute atomic E-state index is 0.316. The van der Waals surface area contributed by atoms with Crippen LogP contribution in [-0.4, -0.2) is 35.4 Å². The molecule has 1 fully saturated rings. The number of carbonyl (C=O) groups is 1. The van der Waals surface area contributed by atoms with Gasteiger partial charge < -0.3 is 15.5 Å². The molecular formula is C8H12N2O3. The van der Waals surface area contributed by atoms with Crippen LogP contribution in [0, 0.1) is 16.7 Å². The number of hydrogen-bond acceptors (Lipinski definition) is 4. The van der Waals surface area contributed by atoms with Crippen LogP contribution in [0.1, 0.15) is 12.8 Å². The molecule has 0 spiro atoms. The Morgan fingerprint density at radius 3 is 2.38 bits per heavy atom. The number of aliphatic hydroxyl groups is 2. The lowest BCUT2D eigenvalue weighted by Crippen LogP contribution is -2.43. The maximum Gasteiger partial charge on any atom is 0.240 e. The summed E-state index contributed by atoms with van der Waals surface area (Å²) in [5.74, 6) is -0.386. The van der Waals surface area contributed by atoms with Crippen molar-refractivity contribution in [2.45, 2.75) is 18.9 Å². The summed E-state index contributed by atoms with van der Waals surface area (Å²) in [5.41, 5.74) is -0.886. The van der Waals surface area contributed by atoms with Gasteiger partial charge in [-0.3, -0.25) is 4.79 Å². The lowest BCUT2D eigenvalue weighted by atomic mass is 10.1. The summed E-state index contributed by atoms with van der Waals surface area (Å²) in [7, 11) is 0. The zero-order valence-corrected chi connectivity index (χ0v) is 7.16. The molecule has 13 heavy (non-hydrogen) atoms. The van der Waals surface area contributed by atoms with Crippen LogP contribution in [0.2, 0.25) is 0 Å². The second-order valence-corrected chi connectivity index (χ2v) is 3.23. The Morgan fingerprint density at radius 2 is 2.08 bits per heavy atom. The third-order valence-electron chi connectivity index (χ3n) is 2.17. The van der Waals surface area contributed by atoms with Gasteiger partial charge >= 0.3 is 0 Å². The molecule has 1 aliphatic rings. The van der Waals surface area contributed by atoms with Crippen molar-refractivity contribution in [3.05, 3.63) is 0 Å². The van der Waals surface area contributed by atoms with E-state index in [4.69, 9.17) is 15.5 Å². The lowest BCUT2D eigenvalue weighted by Gasteiger charge is -2.14. The van der Waals surface area contributed by atoms with Crippen molar-refractivity contribution in [2.75, 3.05) is 13.2 Å². The van der Waals surface area contributed by atoms with Crippen LogP contribution in [0.15, 0.2) is 0 Å². The van der Waals surface area contributed by atoms with Crippen molar-refractivity contribution in [1.29, 1.82) is 5.26 Å². The van der Waals surface area contributed by atoms with Crippen molar-refractivity contribution >= 4 is 5.91 Å². The van der Waals surface area contributed by atoms with Gasteiger partial charge in [-0.25, -0.2) is 0 Å². The van der Waals surface area contributed by atoms with Gasteiger partial charge in [0.1, 0.15) is 5.41 Å². The van der Waals surface area contributed by atoms with E-state index in [0.29, 0.717) is 12.8 Å². The van der Waals surface area contributed by atoms with Gasteiger partial charge in [-0.1, -0.05) is 0 Å². The molecule has 1 saturated carbocycles. The maximum atomic E-state index is 11.3. The second kappa shape index (κ2) is 3.73. The monoisotopic (exact) mass is 184 g/mol. The minimum Gasteiger partial charge on any atom is -0.394 e. The minimum atomic E-state index is -0.886. The quantitative estimate of drug-likeness (QED) is 0.509. The van der Waals surface area contributed by atoms with Crippen LogP contribution < -0.4 is 5.32 Å². The van der Waals surface area contributed by atoms with Gasteiger partial charge in [0.05, 0.1) is 25.3 Å². The van der Waals surface area contributed by atoms with Crippen molar-refractivity contribution in [1.82, 2.24) is 5.32 Å². The van der Waals surface area contributed by atoms with Gasteiger partial charge in [-0.2, -0.15) is 5.26 Å². The zero-order chi connectivity index (χ0) is 9.90. The first-order valence-corrected chi connectivity index (χ1v) is 4.12. The Labute approximate surface area is 76.0 Å². The second-order valence-electron chi connectivity index (χ2n) is 3.23. The molecule has 72 valence electrons. The number of hydrogen-bond donors (Lipinski definition) is 3. The maximum absolute atomic E-state index is 11.3. The number of nitrogens with one attached hydrogen (secondary N) is 1. The summed E-state index contributed by atoms with van der Waals surface area (Å²) in [6.07, 6.45) is 1.14. The highest BCUT2D eigenvalue weighted by atomic mass is 16.3. The van der Waals surface area contributed by atoms with Crippen molar-refractivity contribution in [3.63, 3.8) is 0 Å². The van der Waals surface area contributed by atoms with Gasteiger partial charge in [-0.05, 0) is 12.8 Å². The SMILES string of the molecule is N#CC1(C(=O)NC(CO)CO)CC1. The molecule has 5 heteroatoms. The van der Waals surface area contributed by atoms with Gasteiger partial charge in [0.2, 0.25) is 5.91 Å². The van der Waals surface area contributed by atoms with Crippen molar-refractivity contribution < 1.29 is 15.0 Å². The lowest BCUT2D eigenvalue weighted by molar-refractivity contribution is -0.125. The third-order valence-corrected chi connectivity index (χ3v) is 2.17. The number of rotatable bonds is 4. The summed E-state index contributed by atoms with van der Waals surface area (Å²) in [6.45, 7) is -0.631. The van der Waals surface area contributed by atoms with E-state index in [2.05, 4.69) is 5.32 Å². The fraction of sp³-hybridized carbons (Fsp3) is 0.750. The molecule has 0 radical (unpaired) electrons. The molecule has 0 bridgehead atoms. The van der Waals surface area contributed by atoms with E-state index in [0.717, 1.165) is 0 Å². The molecule has 0 heterocycles. The van der Waals surface area contributed by atoms with Crippen LogP contribution in [0.5, 0.6) is 0 Å². The van der Waals surface area contributed by atoms with Crippen LogP contribution in [-0.2, 0) is 4.79 Å². The Hall–Kier alpha value is -1.12. The van der Waals surface area contributed by atoms with Crippen LogP contribution in [0.3, 0.4) is 0 Å². The van der Waals surface area contributed by atoms with Gasteiger partial charge in [0, 0.05) is 0 Å². The first-order valence-electron chi connectivity index (χ1n) is 4.12. The van der Waals surface area contributed by atoms with Crippen molar-refractivity contribution in [2.24, 2.45) is 5.41 Å². The zero-order valence-electron chi connectivity index (χ0n) is 7.16. The third kappa shape index (κ3) is 1.97. The highest BCUT2D eigenvalue weighted by Gasteiger charge is 2.50. The molecule has 0 aliphatic heterocycles. The molecule has 1 amide bonds. The summed E-state index contributed by atoms with van der Waals surface area (Å²) < 4.78 is 0. The van der Waals surface area contributed by atoms with E-state index < -0.39 is 11.5 Å². The number of carbonyl (C=O) groups excluding carboxylic acids is 1. The fourth-order valence-corrected chi connectivity index (χ4v) is 0.987. The number of aliphatic hydroxyl groups excluding tert-OH is 2. The molecule has 0 saturated heterocycles. The van der Waals surface area contributed by atoms with E-state index in [-0.39, 0.29) is 19.1 Å². The Bertz CT molecular complexity index is 238. The molecule has 0 atom stereocenters. The summed E-state index contributed by atoms with van der Waals surface area (Å²) >= 11 is 0. The standard InChI is InChI=1S/C8H12N2O3/c9-5-8(1-2-8)7(13)10-6(3-11)4-12/h6,11-12H,1-4H2,(H,10,13). The largest absolute Gasteiger partial charge is 0.394 e. The summed E-state index contributed by atoms with van der Waals surface area (Å²) in [4.78, 5) is 11.3. The number of nitrogens with zero attached hydrogens (tertiary/aromatic N) is 1. The predicted octanol–water partition coefficient (Wildman–Crippen LogP) is -1.24. The highest BCUT2D eigenvalue weighted by Crippen LogP contribution is 2.44. The van der Waals surface area contributed by atoms with E-state index in [1.165, 1.54) is 0 Å². The molecule has 0 aromatic heterocycles. The summed E-state index contributed by atoms with van der Waals surface area (Å²) in [6, 6.07) is 1.28. The average Bonchev–Trinajstić information content (AvgIpc) is 2.94. The Balaban J connectivity index is 2.46. The molecular weight excluding hydrogens is 172 g/mol. The molecule has 0 unspecified atom stereocenters. The van der Waals surface area contributed by atoms with Gasteiger partial charge in [0.25, 0.3) is 0 Å². The Morgan fingerprint density at radius 1 is 1.54 bits per heavy atom. The molecule has 0 aromatic rings. The van der Waals surface area contributed by atoms with E-state index in [1.54, 1.807) is 0 Å². The van der Waals surface area contributed by atoms with E-state index in [9.17, 15) is 4.79 Å². The normalized spacial score (nSPS) is 18.0. The van der Waals surface area contributed by atoms with Crippen molar-refractivity contribution in [3.8, 4) is 6.07 Å². The first-order chi connectivity index (χ1) is 6.18. The Kier molecular flexibility index (Phi) is 2.86. The fourth-order valence-electron chi connectivity index (χ4n) is 0.987. The highest BCUT2D eigenvalue weighted by molar-refractivity contribution is 5.88. The molecule has 5 nitrogen and oxygen atoms in total. The first kappa shape index (κ1) is 9.96. The van der Waals surface area contributed by atoms with Gasteiger partial charge in [0.15, 0.2) is 0 Å². The smallest absolute Gasteiger partial charge is 0.240 e. The molecule has 0 aromatic carbocycles. The van der Waals surface area contributed by atoms with Crippen LogP contribution >= 0.6 is 0 Å². The molecule has 3 N–H and O–H groups in total. The average molecular weight is 184 g/mol.